The van der Waals surface area contributed by atoms with Crippen molar-refractivity contribution in [1.29, 1.82) is 0 Å². The molecule has 2 aliphatic carbocycles. The molecule has 0 saturated carbocycles. The van der Waals surface area contributed by atoms with E-state index >= 15 is 0 Å². The Morgan fingerprint density at radius 1 is 0.604 bits per heavy atom. The summed E-state index contributed by atoms with van der Waals surface area (Å²) in [6.07, 6.45) is 10.4. The second-order valence-electron chi connectivity index (χ2n) is 13.8. The second kappa shape index (κ2) is 12.0. The minimum atomic E-state index is -4.88. The Bertz CT molecular complexity index is 2160. The molecule has 239 valence electrons. The first-order valence-corrected chi connectivity index (χ1v) is 33.5. The van der Waals surface area contributed by atoms with E-state index in [1.807, 2.05) is 24.5 Å². The Labute approximate surface area is 292 Å². The van der Waals surface area contributed by atoms with Crippen LogP contribution in [-0.2, 0) is 15.6 Å². The standard InChI is InChI=1S/2C20H16N.C2H7Si.2ClH.Zr/c2*1-2-14-11-16-8-9-17(13-18(16)12-14)19-7-3-5-15-6-4-10-21-20(15)19;1-3-2;;;/h2*3-13H,2H2,1H3;3H,1-2H3;2*1H;/q;;;;;+2/p-2. The quantitative estimate of drug-likeness (QED) is 0.151. The molecule has 0 radical (unpaired) electrons. The molecule has 8 rings (SSSR count). The predicted octanol–water partition coefficient (Wildman–Crippen LogP) is 12.5. The zero-order chi connectivity index (χ0) is 33.2. The van der Waals surface area contributed by atoms with Crippen LogP contribution in [0.15, 0.2) is 121 Å². The number of para-hydroxylation sites is 2. The molecule has 2 aromatic heterocycles. The molecule has 0 saturated heterocycles. The van der Waals surface area contributed by atoms with Crippen molar-refractivity contribution in [3.8, 4) is 22.3 Å². The summed E-state index contributed by atoms with van der Waals surface area (Å²) >= 11 is -4.88. The van der Waals surface area contributed by atoms with Crippen molar-refractivity contribution < 1.29 is 15.6 Å². The molecule has 0 N–H and O–H groups in total. The third-order valence-corrected chi connectivity index (χ3v) is 63.0. The molecule has 4 aromatic carbocycles. The summed E-state index contributed by atoms with van der Waals surface area (Å²) in [7, 11) is 17.3. The van der Waals surface area contributed by atoms with Crippen LogP contribution in [0.1, 0.15) is 56.2 Å². The van der Waals surface area contributed by atoms with E-state index in [1.165, 1.54) is 44.5 Å². The Morgan fingerprint density at radius 2 is 1.04 bits per heavy atom. The van der Waals surface area contributed by atoms with Crippen molar-refractivity contribution in [1.82, 2.24) is 9.97 Å². The Hall–Kier alpha value is -3.14. The first-order chi connectivity index (χ1) is 23.2. The van der Waals surface area contributed by atoms with Crippen LogP contribution >= 0.6 is 17.0 Å². The maximum absolute atomic E-state index is 8.66. The van der Waals surface area contributed by atoms with Crippen molar-refractivity contribution in [2.45, 2.75) is 47.0 Å². The zero-order valence-electron chi connectivity index (χ0n) is 27.8. The van der Waals surface area contributed by atoms with E-state index in [0.717, 1.165) is 45.8 Å². The number of hydrogen-bond acceptors (Lipinski definition) is 2. The van der Waals surface area contributed by atoms with Gasteiger partial charge < -0.3 is 0 Å². The van der Waals surface area contributed by atoms with Crippen LogP contribution in [0.5, 0.6) is 0 Å². The molecular formula is C42H39Cl2N2SiZr. The number of pyridine rings is 2. The normalized spacial score (nSPS) is 18.0. The molecule has 2 atom stereocenters. The SMILES string of the molecule is CCC1=Cc2ccc(-c3cccc4cccnc34)cc2[CH]1[Zr]([Cl])([Cl])([CH]1C(CC)=Cc2ccc(-c3cccc4cccnc34)cc21)[SiH](C)C. The third-order valence-electron chi connectivity index (χ3n) is 11.1. The molecule has 2 aliphatic rings. The summed E-state index contributed by atoms with van der Waals surface area (Å²) in [6.45, 7) is 9.41. The molecule has 6 aromatic rings. The van der Waals surface area contributed by atoms with Crippen molar-refractivity contribution in [3.05, 3.63) is 143 Å². The topological polar surface area (TPSA) is 25.8 Å². The number of benzene rings is 4. The van der Waals surface area contributed by atoms with E-state index in [0.29, 0.717) is 0 Å². The Balaban J connectivity index is 1.33. The maximum atomic E-state index is 8.66. The zero-order valence-corrected chi connectivity index (χ0v) is 33.0. The van der Waals surface area contributed by atoms with Crippen molar-refractivity contribution in [3.63, 3.8) is 0 Å². The summed E-state index contributed by atoms with van der Waals surface area (Å²) in [6, 6.07) is 35.1. The number of rotatable bonds is 7. The van der Waals surface area contributed by atoms with Gasteiger partial charge in [-0.3, -0.25) is 0 Å². The number of fused-ring (bicyclic) bond motifs is 4. The van der Waals surface area contributed by atoms with Gasteiger partial charge in [-0.25, -0.2) is 0 Å². The summed E-state index contributed by atoms with van der Waals surface area (Å²) in [5.74, 6) is -1.67. The van der Waals surface area contributed by atoms with Crippen LogP contribution in [0.4, 0.5) is 0 Å². The van der Waals surface area contributed by atoms with Crippen LogP contribution in [0.2, 0.25) is 13.1 Å². The molecule has 0 aliphatic heterocycles. The molecule has 0 spiro atoms. The van der Waals surface area contributed by atoms with Gasteiger partial charge >= 0.3 is 295 Å². The molecule has 2 heterocycles. The van der Waals surface area contributed by atoms with Crippen molar-refractivity contribution in [2.75, 3.05) is 0 Å². The van der Waals surface area contributed by atoms with E-state index in [9.17, 15) is 0 Å². The fraction of sp³-hybridized carbons (Fsp3) is 0.190. The third kappa shape index (κ3) is 4.82. The average molecular weight is 762 g/mol. The molecular weight excluding hydrogens is 723 g/mol. The van der Waals surface area contributed by atoms with E-state index in [1.54, 1.807) is 0 Å². The van der Waals surface area contributed by atoms with Crippen molar-refractivity contribution >= 4 is 56.9 Å². The van der Waals surface area contributed by atoms with Crippen LogP contribution in [0.25, 0.3) is 56.2 Å². The minimum absolute atomic E-state index is 0.0538. The number of halogens is 2. The van der Waals surface area contributed by atoms with Gasteiger partial charge in [0.15, 0.2) is 0 Å². The number of aromatic nitrogens is 2. The van der Waals surface area contributed by atoms with E-state index in [2.05, 4.69) is 124 Å². The van der Waals surface area contributed by atoms with E-state index in [4.69, 9.17) is 27.0 Å². The molecule has 6 heteroatoms. The number of hydrogen-bond donors (Lipinski definition) is 0. The van der Waals surface area contributed by atoms with Gasteiger partial charge in [0.1, 0.15) is 0 Å². The van der Waals surface area contributed by atoms with Gasteiger partial charge in [0.25, 0.3) is 0 Å². The predicted molar refractivity (Wildman–Crippen MR) is 207 cm³/mol. The molecule has 48 heavy (non-hydrogen) atoms. The van der Waals surface area contributed by atoms with Gasteiger partial charge in [-0.15, -0.1) is 0 Å². The summed E-state index contributed by atoms with van der Waals surface area (Å²) in [5, 5.41) is 2.29. The summed E-state index contributed by atoms with van der Waals surface area (Å²) < 4.78 is 0.108. The summed E-state index contributed by atoms with van der Waals surface area (Å²) in [5.41, 5.74) is 14.6. The van der Waals surface area contributed by atoms with Gasteiger partial charge in [0.05, 0.1) is 0 Å². The van der Waals surface area contributed by atoms with Crippen LogP contribution < -0.4 is 0 Å². The first-order valence-electron chi connectivity index (χ1n) is 17.2. The Morgan fingerprint density at radius 3 is 1.46 bits per heavy atom. The molecule has 0 amide bonds. The average Bonchev–Trinajstić information content (AvgIpc) is 3.70. The van der Waals surface area contributed by atoms with Gasteiger partial charge in [0, 0.05) is 0 Å². The van der Waals surface area contributed by atoms with Crippen molar-refractivity contribution in [2.24, 2.45) is 0 Å². The monoisotopic (exact) mass is 759 g/mol. The summed E-state index contributed by atoms with van der Waals surface area (Å²) in [4.78, 5) is 9.59. The number of allylic oxidation sites excluding steroid dienone is 2. The van der Waals surface area contributed by atoms with Gasteiger partial charge in [-0.2, -0.15) is 0 Å². The van der Waals surface area contributed by atoms with Crippen LogP contribution in [0, 0.1) is 0 Å². The van der Waals surface area contributed by atoms with Gasteiger partial charge in [0.2, 0.25) is 0 Å². The molecule has 0 fully saturated rings. The molecule has 0 bridgehead atoms. The fourth-order valence-electron chi connectivity index (χ4n) is 8.64. The van der Waals surface area contributed by atoms with Gasteiger partial charge in [-0.05, 0) is 0 Å². The number of nitrogens with zero attached hydrogens (tertiary/aromatic N) is 2. The van der Waals surface area contributed by atoms with Gasteiger partial charge in [-0.1, -0.05) is 0 Å². The van der Waals surface area contributed by atoms with Crippen LogP contribution in [0.3, 0.4) is 0 Å². The van der Waals surface area contributed by atoms with Crippen LogP contribution in [-0.4, -0.2) is 15.9 Å². The van der Waals surface area contributed by atoms with E-state index in [-0.39, 0.29) is 7.25 Å². The first kappa shape index (κ1) is 32.1. The molecule has 2 nitrogen and oxygen atoms in total. The fourth-order valence-corrected chi connectivity index (χ4v) is 40.4. The second-order valence-corrected chi connectivity index (χ2v) is 56.3. The van der Waals surface area contributed by atoms with E-state index < -0.39 is 21.5 Å². The Kier molecular flexibility index (Phi) is 8.04. The molecule has 2 unspecified atom stereocenters.